The zero-order valence-corrected chi connectivity index (χ0v) is 12.2. The molecule has 2 unspecified atom stereocenters. The number of benzene rings is 1. The van der Waals surface area contributed by atoms with Crippen LogP contribution in [0.1, 0.15) is 36.1 Å². The van der Waals surface area contributed by atoms with Crippen LogP contribution in [-0.4, -0.2) is 25.7 Å². The van der Waals surface area contributed by atoms with Crippen LogP contribution in [-0.2, 0) is 9.53 Å². The Morgan fingerprint density at radius 2 is 2.11 bits per heavy atom. The minimum absolute atomic E-state index is 0.0114. The average molecular weight is 264 g/mol. The molecule has 1 aromatic rings. The summed E-state index contributed by atoms with van der Waals surface area (Å²) in [5.41, 5.74) is 9.03. The number of aryl methyl sites for hydroxylation is 2. The van der Waals surface area contributed by atoms with E-state index in [1.54, 1.807) is 7.11 Å². The smallest absolute Gasteiger partial charge is 0.223 e. The fraction of sp³-hybridized carbons (Fsp3) is 0.533. The number of methoxy groups -OCH3 is 1. The molecule has 106 valence electrons. The van der Waals surface area contributed by atoms with E-state index in [1.165, 1.54) is 11.1 Å². The van der Waals surface area contributed by atoms with Gasteiger partial charge in [-0.25, -0.2) is 0 Å². The van der Waals surface area contributed by atoms with Crippen LogP contribution in [0.3, 0.4) is 0 Å². The van der Waals surface area contributed by atoms with Gasteiger partial charge in [0, 0.05) is 13.7 Å². The van der Waals surface area contributed by atoms with E-state index in [0.29, 0.717) is 13.0 Å². The van der Waals surface area contributed by atoms with Gasteiger partial charge in [0.15, 0.2) is 0 Å². The van der Waals surface area contributed by atoms with Gasteiger partial charge in [-0.1, -0.05) is 23.8 Å². The molecule has 4 heteroatoms. The zero-order chi connectivity index (χ0) is 14.4. The van der Waals surface area contributed by atoms with E-state index in [1.807, 2.05) is 13.8 Å². The molecule has 4 nitrogen and oxygen atoms in total. The quantitative estimate of drug-likeness (QED) is 0.824. The summed E-state index contributed by atoms with van der Waals surface area (Å²) >= 11 is 0. The molecule has 0 aliphatic heterocycles. The second-order valence-electron chi connectivity index (χ2n) is 4.95. The number of carbonyl (C=O) groups excluding carboxylic acids is 1. The maximum atomic E-state index is 11.9. The number of carbonyl (C=O) groups is 1. The van der Waals surface area contributed by atoms with E-state index < -0.39 is 0 Å². The van der Waals surface area contributed by atoms with E-state index in [2.05, 4.69) is 30.4 Å². The van der Waals surface area contributed by atoms with Crippen LogP contribution < -0.4 is 11.1 Å². The Morgan fingerprint density at radius 1 is 1.42 bits per heavy atom. The van der Waals surface area contributed by atoms with Gasteiger partial charge in [0.2, 0.25) is 5.91 Å². The SMILES string of the molecule is COC(CN)CC(=O)NC(C)c1cc(C)ccc1C. The highest BCUT2D eigenvalue weighted by molar-refractivity contribution is 5.77. The van der Waals surface area contributed by atoms with Crippen LogP contribution in [0, 0.1) is 13.8 Å². The Hall–Kier alpha value is -1.39. The van der Waals surface area contributed by atoms with Gasteiger partial charge in [0.05, 0.1) is 18.6 Å². The van der Waals surface area contributed by atoms with Crippen LogP contribution >= 0.6 is 0 Å². The number of ether oxygens (including phenoxy) is 1. The Morgan fingerprint density at radius 3 is 2.68 bits per heavy atom. The fourth-order valence-electron chi connectivity index (χ4n) is 2.07. The molecule has 0 saturated carbocycles. The van der Waals surface area contributed by atoms with Crippen LogP contribution in [0.5, 0.6) is 0 Å². The molecule has 1 amide bonds. The standard InChI is InChI=1S/C15H24N2O2/c1-10-5-6-11(2)14(7-10)12(3)17-15(18)8-13(9-16)19-4/h5-7,12-13H,8-9,16H2,1-4H3,(H,17,18). The monoisotopic (exact) mass is 264 g/mol. The summed E-state index contributed by atoms with van der Waals surface area (Å²) in [6.07, 6.45) is 0.0770. The van der Waals surface area contributed by atoms with E-state index in [-0.39, 0.29) is 18.1 Å². The molecule has 19 heavy (non-hydrogen) atoms. The number of nitrogens with two attached hydrogens (primary N) is 1. The van der Waals surface area contributed by atoms with Crippen molar-refractivity contribution in [2.75, 3.05) is 13.7 Å². The second-order valence-corrected chi connectivity index (χ2v) is 4.95. The lowest BCUT2D eigenvalue weighted by Crippen LogP contribution is -2.33. The van der Waals surface area contributed by atoms with Crippen LogP contribution in [0.2, 0.25) is 0 Å². The molecule has 0 fully saturated rings. The van der Waals surface area contributed by atoms with Crippen molar-refractivity contribution in [1.82, 2.24) is 5.32 Å². The minimum atomic E-state index is -0.217. The average Bonchev–Trinajstić information content (AvgIpc) is 2.38. The predicted molar refractivity (Wildman–Crippen MR) is 76.9 cm³/mol. The normalized spacial score (nSPS) is 13.9. The van der Waals surface area contributed by atoms with Gasteiger partial charge in [0.25, 0.3) is 0 Å². The molecule has 0 spiro atoms. The van der Waals surface area contributed by atoms with Gasteiger partial charge in [-0.2, -0.15) is 0 Å². The molecule has 0 aromatic heterocycles. The molecule has 0 aliphatic carbocycles. The highest BCUT2D eigenvalue weighted by Crippen LogP contribution is 2.19. The number of amides is 1. The number of hydrogen-bond acceptors (Lipinski definition) is 3. The summed E-state index contributed by atoms with van der Waals surface area (Å²) in [6.45, 7) is 6.44. The van der Waals surface area contributed by atoms with Crippen molar-refractivity contribution in [1.29, 1.82) is 0 Å². The summed E-state index contributed by atoms with van der Waals surface area (Å²) in [5, 5.41) is 2.99. The van der Waals surface area contributed by atoms with E-state index in [4.69, 9.17) is 10.5 Å². The molecular formula is C15H24N2O2. The molecule has 1 rings (SSSR count). The lowest BCUT2D eigenvalue weighted by molar-refractivity contribution is -0.124. The van der Waals surface area contributed by atoms with Crippen molar-refractivity contribution < 1.29 is 9.53 Å². The first kappa shape index (κ1) is 15.7. The highest BCUT2D eigenvalue weighted by atomic mass is 16.5. The third kappa shape index (κ3) is 4.65. The first-order valence-electron chi connectivity index (χ1n) is 6.57. The number of hydrogen-bond donors (Lipinski definition) is 2. The molecular weight excluding hydrogens is 240 g/mol. The summed E-state index contributed by atoms with van der Waals surface area (Å²) < 4.78 is 5.11. The van der Waals surface area contributed by atoms with Gasteiger partial charge in [-0.05, 0) is 31.9 Å². The maximum absolute atomic E-state index is 11.9. The Kier molecular flexibility index (Phi) is 5.99. The van der Waals surface area contributed by atoms with Crippen LogP contribution in [0.4, 0.5) is 0 Å². The predicted octanol–water partition coefficient (Wildman–Crippen LogP) is 1.84. The van der Waals surface area contributed by atoms with Gasteiger partial charge in [-0.15, -0.1) is 0 Å². The molecule has 0 radical (unpaired) electrons. The Labute approximate surface area is 115 Å². The van der Waals surface area contributed by atoms with Gasteiger partial charge >= 0.3 is 0 Å². The van der Waals surface area contributed by atoms with Crippen molar-refractivity contribution in [3.8, 4) is 0 Å². The summed E-state index contributed by atoms with van der Waals surface area (Å²) in [4.78, 5) is 11.9. The maximum Gasteiger partial charge on any atom is 0.223 e. The number of rotatable bonds is 6. The van der Waals surface area contributed by atoms with E-state index in [9.17, 15) is 4.79 Å². The van der Waals surface area contributed by atoms with Gasteiger partial charge < -0.3 is 15.8 Å². The van der Waals surface area contributed by atoms with Crippen molar-refractivity contribution in [2.24, 2.45) is 5.73 Å². The third-order valence-electron chi connectivity index (χ3n) is 3.29. The molecule has 0 bridgehead atoms. The summed E-state index contributed by atoms with van der Waals surface area (Å²) in [6, 6.07) is 6.24. The highest BCUT2D eigenvalue weighted by Gasteiger charge is 2.15. The van der Waals surface area contributed by atoms with Crippen molar-refractivity contribution in [3.63, 3.8) is 0 Å². The largest absolute Gasteiger partial charge is 0.380 e. The molecule has 0 heterocycles. The fourth-order valence-corrected chi connectivity index (χ4v) is 2.07. The van der Waals surface area contributed by atoms with Crippen LogP contribution in [0.25, 0.3) is 0 Å². The van der Waals surface area contributed by atoms with Crippen molar-refractivity contribution in [3.05, 3.63) is 34.9 Å². The van der Waals surface area contributed by atoms with Gasteiger partial charge in [0.1, 0.15) is 0 Å². The summed E-state index contributed by atoms with van der Waals surface area (Å²) in [5.74, 6) is -0.0364. The molecule has 1 aromatic carbocycles. The summed E-state index contributed by atoms with van der Waals surface area (Å²) in [7, 11) is 1.57. The number of nitrogens with one attached hydrogen (secondary N) is 1. The Bertz CT molecular complexity index is 428. The third-order valence-corrected chi connectivity index (χ3v) is 3.29. The zero-order valence-electron chi connectivity index (χ0n) is 12.2. The van der Waals surface area contributed by atoms with Crippen molar-refractivity contribution >= 4 is 5.91 Å². The molecule has 0 saturated heterocycles. The molecule has 3 N–H and O–H groups in total. The first-order chi connectivity index (χ1) is 8.97. The van der Waals surface area contributed by atoms with Crippen molar-refractivity contribution in [2.45, 2.75) is 39.3 Å². The first-order valence-corrected chi connectivity index (χ1v) is 6.57. The minimum Gasteiger partial charge on any atom is -0.380 e. The van der Waals surface area contributed by atoms with E-state index >= 15 is 0 Å². The lowest BCUT2D eigenvalue weighted by atomic mass is 10.00. The molecule has 2 atom stereocenters. The van der Waals surface area contributed by atoms with Crippen LogP contribution in [0.15, 0.2) is 18.2 Å². The Balaban J connectivity index is 2.66. The molecule has 0 aliphatic rings. The lowest BCUT2D eigenvalue weighted by Gasteiger charge is -2.19. The topological polar surface area (TPSA) is 64.3 Å². The van der Waals surface area contributed by atoms with Gasteiger partial charge in [-0.3, -0.25) is 4.79 Å². The second kappa shape index (κ2) is 7.26. The van der Waals surface area contributed by atoms with E-state index in [0.717, 1.165) is 5.56 Å².